The summed E-state index contributed by atoms with van der Waals surface area (Å²) in [5.74, 6) is 2.12. The number of carbonyl (C=O) groups is 1. The number of carbonyl (C=O) groups excluding carboxylic acids is 1. The van der Waals surface area contributed by atoms with Crippen LogP contribution in [0.15, 0.2) is 30.6 Å². The molecule has 0 unspecified atom stereocenters. The van der Waals surface area contributed by atoms with Crippen molar-refractivity contribution < 1.29 is 4.79 Å². The zero-order valence-electron chi connectivity index (χ0n) is 16.2. The summed E-state index contributed by atoms with van der Waals surface area (Å²) in [6.07, 6.45) is 4.13. The third-order valence-electron chi connectivity index (χ3n) is 5.58. The van der Waals surface area contributed by atoms with Crippen LogP contribution < -0.4 is 9.80 Å². The van der Waals surface area contributed by atoms with Gasteiger partial charge in [0.1, 0.15) is 18.0 Å². The molecular weight excluding hydrogens is 338 g/mol. The lowest BCUT2D eigenvalue weighted by molar-refractivity contribution is 0.0745. The number of benzene rings is 1. The number of aromatic nitrogens is 2. The predicted molar refractivity (Wildman–Crippen MR) is 108 cm³/mol. The van der Waals surface area contributed by atoms with E-state index in [2.05, 4.69) is 31.9 Å². The Labute approximate surface area is 160 Å². The Balaban J connectivity index is 1.42. The first-order valence-corrected chi connectivity index (χ1v) is 9.80. The van der Waals surface area contributed by atoms with Crippen molar-refractivity contribution in [1.82, 2.24) is 14.9 Å². The molecule has 1 amide bonds. The number of rotatable bonds is 3. The van der Waals surface area contributed by atoms with Crippen molar-refractivity contribution in [3.05, 3.63) is 47.3 Å². The molecule has 6 nitrogen and oxygen atoms in total. The monoisotopic (exact) mass is 365 g/mol. The van der Waals surface area contributed by atoms with E-state index in [1.165, 1.54) is 12.8 Å². The summed E-state index contributed by atoms with van der Waals surface area (Å²) in [6, 6.07) is 8.17. The minimum absolute atomic E-state index is 0.135. The molecule has 2 saturated heterocycles. The van der Waals surface area contributed by atoms with Crippen LogP contribution in [0.1, 0.15) is 34.3 Å². The fourth-order valence-corrected chi connectivity index (χ4v) is 3.90. The van der Waals surface area contributed by atoms with E-state index in [1.54, 1.807) is 6.33 Å². The number of hydrogen-bond acceptors (Lipinski definition) is 5. The van der Waals surface area contributed by atoms with Gasteiger partial charge in [0.15, 0.2) is 0 Å². The van der Waals surface area contributed by atoms with E-state index in [9.17, 15) is 4.79 Å². The summed E-state index contributed by atoms with van der Waals surface area (Å²) < 4.78 is 0. The van der Waals surface area contributed by atoms with Crippen molar-refractivity contribution >= 4 is 17.5 Å². The van der Waals surface area contributed by atoms with Gasteiger partial charge in [-0.2, -0.15) is 0 Å². The smallest absolute Gasteiger partial charge is 0.254 e. The standard InChI is InChI=1S/C21H27N5O/c1-16-5-6-17(2)18(13-16)21(27)26-11-9-25(10-12-26)20-14-19(22-15-23-20)24-7-3-4-8-24/h5-6,13-15H,3-4,7-12H2,1-2H3. The van der Waals surface area contributed by atoms with Crippen molar-refractivity contribution in [1.29, 1.82) is 0 Å². The lowest BCUT2D eigenvalue weighted by Gasteiger charge is -2.36. The van der Waals surface area contributed by atoms with Crippen LogP contribution in [0, 0.1) is 13.8 Å². The van der Waals surface area contributed by atoms with Gasteiger partial charge in [-0.15, -0.1) is 0 Å². The zero-order chi connectivity index (χ0) is 18.8. The highest BCUT2D eigenvalue weighted by Gasteiger charge is 2.24. The van der Waals surface area contributed by atoms with Gasteiger partial charge in [-0.25, -0.2) is 9.97 Å². The molecule has 0 radical (unpaired) electrons. The molecule has 4 rings (SSSR count). The maximum atomic E-state index is 12.9. The second kappa shape index (κ2) is 7.55. The van der Waals surface area contributed by atoms with Crippen LogP contribution in [-0.2, 0) is 0 Å². The molecule has 3 heterocycles. The van der Waals surface area contributed by atoms with Gasteiger partial charge in [-0.3, -0.25) is 4.79 Å². The first kappa shape index (κ1) is 17.8. The molecular formula is C21H27N5O. The third kappa shape index (κ3) is 3.75. The number of anilines is 2. The molecule has 27 heavy (non-hydrogen) atoms. The van der Waals surface area contributed by atoms with Gasteiger partial charge in [-0.05, 0) is 38.3 Å². The van der Waals surface area contributed by atoms with Crippen LogP contribution in [0.4, 0.5) is 11.6 Å². The Morgan fingerprint density at radius 3 is 2.15 bits per heavy atom. The molecule has 0 atom stereocenters. The van der Waals surface area contributed by atoms with Crippen LogP contribution in [0.5, 0.6) is 0 Å². The molecule has 0 bridgehead atoms. The molecule has 142 valence electrons. The second-order valence-electron chi connectivity index (χ2n) is 7.53. The summed E-state index contributed by atoms with van der Waals surface area (Å²) in [5, 5.41) is 0. The van der Waals surface area contributed by atoms with Crippen molar-refractivity contribution in [2.24, 2.45) is 0 Å². The summed E-state index contributed by atoms with van der Waals surface area (Å²) in [6.45, 7) is 9.22. The van der Waals surface area contributed by atoms with Crippen LogP contribution in [-0.4, -0.2) is 60.0 Å². The number of piperazine rings is 1. The number of hydrogen-bond donors (Lipinski definition) is 0. The van der Waals surface area contributed by atoms with E-state index in [-0.39, 0.29) is 5.91 Å². The molecule has 1 aromatic heterocycles. The van der Waals surface area contributed by atoms with Gasteiger partial charge in [0.2, 0.25) is 0 Å². The Hall–Kier alpha value is -2.63. The lowest BCUT2D eigenvalue weighted by Crippen LogP contribution is -2.49. The van der Waals surface area contributed by atoms with Crippen LogP contribution in [0.25, 0.3) is 0 Å². The summed E-state index contributed by atoms with van der Waals surface area (Å²) in [5.41, 5.74) is 2.99. The topological polar surface area (TPSA) is 52.6 Å². The summed E-state index contributed by atoms with van der Waals surface area (Å²) in [7, 11) is 0. The maximum Gasteiger partial charge on any atom is 0.254 e. The molecule has 6 heteroatoms. The molecule has 0 saturated carbocycles. The highest BCUT2D eigenvalue weighted by Crippen LogP contribution is 2.23. The Bertz CT molecular complexity index is 823. The summed E-state index contributed by atoms with van der Waals surface area (Å²) >= 11 is 0. The normalized spacial score (nSPS) is 17.5. The highest BCUT2D eigenvalue weighted by molar-refractivity contribution is 5.96. The van der Waals surface area contributed by atoms with E-state index in [4.69, 9.17) is 0 Å². The molecule has 0 spiro atoms. The zero-order valence-corrected chi connectivity index (χ0v) is 16.2. The summed E-state index contributed by atoms with van der Waals surface area (Å²) in [4.78, 5) is 28.4. The Morgan fingerprint density at radius 2 is 1.48 bits per heavy atom. The van der Waals surface area contributed by atoms with Gasteiger partial charge in [0, 0.05) is 50.9 Å². The minimum atomic E-state index is 0.135. The molecule has 0 N–H and O–H groups in total. The molecule has 2 aromatic rings. The number of amides is 1. The Kier molecular flexibility index (Phi) is 4.97. The molecule has 2 aliphatic rings. The molecule has 1 aromatic carbocycles. The average Bonchev–Trinajstić information content (AvgIpc) is 3.24. The van der Waals surface area contributed by atoms with Crippen molar-refractivity contribution in [2.75, 3.05) is 49.1 Å². The fourth-order valence-electron chi connectivity index (χ4n) is 3.90. The van der Waals surface area contributed by atoms with Gasteiger partial charge in [-0.1, -0.05) is 17.7 Å². The maximum absolute atomic E-state index is 12.9. The van der Waals surface area contributed by atoms with Crippen molar-refractivity contribution in [3.8, 4) is 0 Å². The minimum Gasteiger partial charge on any atom is -0.356 e. The van der Waals surface area contributed by atoms with E-state index < -0.39 is 0 Å². The van der Waals surface area contributed by atoms with E-state index in [1.807, 2.05) is 30.9 Å². The predicted octanol–water partition coefficient (Wildman–Crippen LogP) is 2.66. The largest absolute Gasteiger partial charge is 0.356 e. The highest BCUT2D eigenvalue weighted by atomic mass is 16.2. The fraction of sp³-hybridized carbons (Fsp3) is 0.476. The van der Waals surface area contributed by atoms with Gasteiger partial charge >= 0.3 is 0 Å². The first-order valence-electron chi connectivity index (χ1n) is 9.80. The quantitative estimate of drug-likeness (QED) is 0.837. The van der Waals surface area contributed by atoms with Crippen LogP contribution in [0.3, 0.4) is 0 Å². The van der Waals surface area contributed by atoms with Crippen LogP contribution >= 0.6 is 0 Å². The van der Waals surface area contributed by atoms with Crippen molar-refractivity contribution in [2.45, 2.75) is 26.7 Å². The van der Waals surface area contributed by atoms with Gasteiger partial charge in [0.05, 0.1) is 0 Å². The van der Waals surface area contributed by atoms with E-state index in [0.29, 0.717) is 0 Å². The molecule has 2 aliphatic heterocycles. The lowest BCUT2D eigenvalue weighted by atomic mass is 10.0. The molecule has 2 fully saturated rings. The average molecular weight is 365 g/mol. The Morgan fingerprint density at radius 1 is 0.852 bits per heavy atom. The van der Waals surface area contributed by atoms with Gasteiger partial charge in [0.25, 0.3) is 5.91 Å². The number of nitrogens with zero attached hydrogens (tertiary/aromatic N) is 5. The third-order valence-corrected chi connectivity index (χ3v) is 5.58. The van der Waals surface area contributed by atoms with Crippen molar-refractivity contribution in [3.63, 3.8) is 0 Å². The van der Waals surface area contributed by atoms with E-state index >= 15 is 0 Å². The van der Waals surface area contributed by atoms with E-state index in [0.717, 1.165) is 67.6 Å². The van der Waals surface area contributed by atoms with Crippen LogP contribution in [0.2, 0.25) is 0 Å². The SMILES string of the molecule is Cc1ccc(C)c(C(=O)N2CCN(c3cc(N4CCCC4)ncn3)CC2)c1. The first-order chi connectivity index (χ1) is 13.1. The van der Waals surface area contributed by atoms with Gasteiger partial charge < -0.3 is 14.7 Å². The number of aryl methyl sites for hydroxylation is 2. The second-order valence-corrected chi connectivity index (χ2v) is 7.53. The molecule has 0 aliphatic carbocycles.